The Morgan fingerprint density at radius 3 is 2.44 bits per heavy atom. The summed E-state index contributed by atoms with van der Waals surface area (Å²) in [5, 5.41) is 12.1. The molecule has 0 aliphatic carbocycles. The number of ether oxygens (including phenoxy) is 1. The lowest BCUT2D eigenvalue weighted by atomic mass is 9.93. The Balaban J connectivity index is 1.76. The van der Waals surface area contributed by atoms with Gasteiger partial charge in [-0.2, -0.15) is 0 Å². The maximum atomic E-state index is 14.2. The lowest BCUT2D eigenvalue weighted by Gasteiger charge is -2.26. The number of aromatic amines is 1. The molecule has 1 saturated heterocycles. The maximum Gasteiger partial charge on any atom is 0.295 e. The monoisotopic (exact) mass is 488 g/mol. The molecule has 1 amide bonds. The van der Waals surface area contributed by atoms with Crippen LogP contribution >= 0.6 is 0 Å². The zero-order valence-corrected chi connectivity index (χ0v) is 19.5. The number of halogens is 2. The number of aliphatic hydroxyl groups excluding tert-OH is 1. The lowest BCUT2D eigenvalue weighted by Crippen LogP contribution is -2.29. The first-order valence-corrected chi connectivity index (χ1v) is 11.2. The maximum absolute atomic E-state index is 14.2. The van der Waals surface area contributed by atoms with Crippen molar-refractivity contribution in [1.29, 1.82) is 0 Å². The van der Waals surface area contributed by atoms with E-state index in [-0.39, 0.29) is 23.4 Å². The van der Waals surface area contributed by atoms with Crippen LogP contribution in [0.25, 0.3) is 16.7 Å². The molecule has 2 N–H and O–H groups in total. The van der Waals surface area contributed by atoms with Crippen LogP contribution in [0.2, 0.25) is 0 Å². The fourth-order valence-corrected chi connectivity index (χ4v) is 4.79. The molecule has 8 heteroatoms. The van der Waals surface area contributed by atoms with Gasteiger partial charge in [0.25, 0.3) is 11.7 Å². The zero-order chi connectivity index (χ0) is 25.6. The number of methoxy groups -OCH3 is 1. The highest BCUT2D eigenvalue weighted by molar-refractivity contribution is 6.46. The summed E-state index contributed by atoms with van der Waals surface area (Å²) in [6, 6.07) is 15.6. The third-order valence-electron chi connectivity index (χ3n) is 6.44. The van der Waals surface area contributed by atoms with Gasteiger partial charge in [-0.3, -0.25) is 9.59 Å². The van der Waals surface area contributed by atoms with Crippen LogP contribution in [-0.2, 0) is 16.1 Å². The number of H-pyrrole nitrogens is 1. The van der Waals surface area contributed by atoms with Crippen molar-refractivity contribution >= 4 is 28.4 Å². The Kier molecular flexibility index (Phi) is 5.80. The van der Waals surface area contributed by atoms with Gasteiger partial charge >= 0.3 is 0 Å². The minimum Gasteiger partial charge on any atom is -0.507 e. The number of hydrogen-bond donors (Lipinski definition) is 2. The van der Waals surface area contributed by atoms with Gasteiger partial charge in [-0.1, -0.05) is 30.3 Å². The minimum absolute atomic E-state index is 0.00840. The number of Topliss-reactive ketones (excluding diaryl/α,β-unsaturated/α-hetero) is 1. The summed E-state index contributed by atoms with van der Waals surface area (Å²) in [7, 11) is 1.36. The number of aliphatic hydroxyl groups is 1. The molecule has 1 fully saturated rings. The molecule has 3 aromatic carbocycles. The van der Waals surface area contributed by atoms with E-state index in [0.29, 0.717) is 16.8 Å². The molecular weight excluding hydrogens is 466 g/mol. The van der Waals surface area contributed by atoms with Crippen LogP contribution in [0, 0.1) is 18.6 Å². The normalized spacial score (nSPS) is 17.2. The number of rotatable bonds is 5. The standard InChI is InChI=1S/C28H22F2N2O4/c1-15-23(19-5-3-4-6-21(19)31-15)25-24(26(33)20-13-18(30)11-12-22(20)36-2)27(34)28(35)32(25)14-16-7-9-17(29)10-8-16/h3-13,25,31,33H,14H2,1-2H3/b26-24+. The number of aromatic nitrogens is 1. The second kappa shape index (κ2) is 8.96. The van der Waals surface area contributed by atoms with Gasteiger partial charge in [0, 0.05) is 28.7 Å². The SMILES string of the molecule is COc1ccc(F)cc1/C(O)=C1\C(=O)C(=O)N(Cc2ccc(F)cc2)C1c1c(C)[nH]c2ccccc12. The van der Waals surface area contributed by atoms with Crippen LogP contribution in [0.4, 0.5) is 8.78 Å². The predicted molar refractivity (Wildman–Crippen MR) is 130 cm³/mol. The van der Waals surface area contributed by atoms with Gasteiger partial charge in [-0.25, -0.2) is 8.78 Å². The molecule has 182 valence electrons. The molecule has 5 rings (SSSR count). The van der Waals surface area contributed by atoms with Crippen LogP contribution in [0.15, 0.2) is 72.3 Å². The number of hydrogen-bond acceptors (Lipinski definition) is 4. The van der Waals surface area contributed by atoms with Gasteiger partial charge in [0.05, 0.1) is 24.3 Å². The molecule has 2 heterocycles. The Morgan fingerprint density at radius 1 is 1.03 bits per heavy atom. The fourth-order valence-electron chi connectivity index (χ4n) is 4.79. The van der Waals surface area contributed by atoms with E-state index in [1.54, 1.807) is 0 Å². The van der Waals surface area contributed by atoms with Gasteiger partial charge in [0.1, 0.15) is 23.1 Å². The van der Waals surface area contributed by atoms with Crippen LogP contribution in [0.1, 0.15) is 28.4 Å². The number of ketones is 1. The van der Waals surface area contributed by atoms with Crippen LogP contribution in [0.3, 0.4) is 0 Å². The number of fused-ring (bicyclic) bond motifs is 1. The number of nitrogens with zero attached hydrogens (tertiary/aromatic N) is 1. The molecule has 1 unspecified atom stereocenters. The zero-order valence-electron chi connectivity index (χ0n) is 19.5. The summed E-state index contributed by atoms with van der Waals surface area (Å²) in [6.07, 6.45) is 0. The largest absolute Gasteiger partial charge is 0.507 e. The predicted octanol–water partition coefficient (Wildman–Crippen LogP) is 5.39. The number of benzene rings is 3. The van der Waals surface area contributed by atoms with E-state index in [4.69, 9.17) is 4.74 Å². The van der Waals surface area contributed by atoms with Crippen molar-refractivity contribution in [3.8, 4) is 5.75 Å². The number of carbonyl (C=O) groups is 2. The third kappa shape index (κ3) is 3.80. The van der Waals surface area contributed by atoms with E-state index in [0.717, 1.165) is 17.0 Å². The first kappa shape index (κ1) is 23.3. The van der Waals surface area contributed by atoms with Gasteiger partial charge in [-0.15, -0.1) is 0 Å². The van der Waals surface area contributed by atoms with Crippen LogP contribution in [0.5, 0.6) is 5.75 Å². The fraction of sp³-hybridized carbons (Fsp3) is 0.143. The number of carbonyl (C=O) groups excluding carboxylic acids is 2. The van der Waals surface area contributed by atoms with Crippen molar-refractivity contribution in [3.63, 3.8) is 0 Å². The highest BCUT2D eigenvalue weighted by atomic mass is 19.1. The number of nitrogens with one attached hydrogen (secondary N) is 1. The Hall–Kier alpha value is -4.46. The van der Waals surface area contributed by atoms with Crippen LogP contribution in [-0.4, -0.2) is 33.8 Å². The average Bonchev–Trinajstić information content (AvgIpc) is 3.32. The van der Waals surface area contributed by atoms with Crippen molar-refractivity contribution in [2.75, 3.05) is 7.11 Å². The Labute approximate surface area is 205 Å². The van der Waals surface area contributed by atoms with E-state index in [1.807, 2.05) is 31.2 Å². The van der Waals surface area contributed by atoms with E-state index >= 15 is 0 Å². The summed E-state index contributed by atoms with van der Waals surface area (Å²) in [5.74, 6) is -3.20. The van der Waals surface area contributed by atoms with Gasteiger partial charge < -0.3 is 19.7 Å². The summed E-state index contributed by atoms with van der Waals surface area (Å²) >= 11 is 0. The molecule has 1 aliphatic rings. The molecule has 1 aromatic heterocycles. The van der Waals surface area contributed by atoms with Crippen molar-refractivity contribution in [2.24, 2.45) is 0 Å². The molecule has 6 nitrogen and oxygen atoms in total. The minimum atomic E-state index is -0.987. The summed E-state index contributed by atoms with van der Waals surface area (Å²) < 4.78 is 32.9. The Bertz CT molecular complexity index is 1540. The second-order valence-electron chi connectivity index (χ2n) is 8.61. The Morgan fingerprint density at radius 2 is 1.72 bits per heavy atom. The van der Waals surface area contributed by atoms with Crippen molar-refractivity contribution in [1.82, 2.24) is 9.88 Å². The van der Waals surface area contributed by atoms with Crippen molar-refractivity contribution in [3.05, 3.63) is 106 Å². The first-order chi connectivity index (χ1) is 17.3. The highest BCUT2D eigenvalue weighted by Crippen LogP contribution is 2.45. The second-order valence-corrected chi connectivity index (χ2v) is 8.61. The molecule has 0 spiro atoms. The van der Waals surface area contributed by atoms with Crippen molar-refractivity contribution < 1.29 is 28.2 Å². The van der Waals surface area contributed by atoms with Crippen molar-refractivity contribution in [2.45, 2.75) is 19.5 Å². The van der Waals surface area contributed by atoms with E-state index in [1.165, 1.54) is 48.4 Å². The topological polar surface area (TPSA) is 82.6 Å². The highest BCUT2D eigenvalue weighted by Gasteiger charge is 2.47. The molecule has 1 atom stereocenters. The summed E-state index contributed by atoms with van der Waals surface area (Å²) in [4.78, 5) is 31.3. The lowest BCUT2D eigenvalue weighted by molar-refractivity contribution is -0.140. The van der Waals surface area contributed by atoms with Gasteiger partial charge in [0.15, 0.2) is 0 Å². The average molecular weight is 488 g/mol. The van der Waals surface area contributed by atoms with Crippen LogP contribution < -0.4 is 4.74 Å². The van der Waals surface area contributed by atoms with Gasteiger partial charge in [0.2, 0.25) is 0 Å². The molecule has 0 bridgehead atoms. The quantitative estimate of drug-likeness (QED) is 0.224. The van der Waals surface area contributed by atoms with E-state index < -0.39 is 35.1 Å². The molecule has 0 saturated carbocycles. The summed E-state index contributed by atoms with van der Waals surface area (Å²) in [6.45, 7) is 1.81. The molecule has 36 heavy (non-hydrogen) atoms. The number of aryl methyl sites for hydroxylation is 1. The smallest absolute Gasteiger partial charge is 0.295 e. The molecular formula is C28H22F2N2O4. The molecule has 1 aliphatic heterocycles. The molecule has 4 aromatic rings. The van der Waals surface area contributed by atoms with E-state index in [9.17, 15) is 23.5 Å². The summed E-state index contributed by atoms with van der Waals surface area (Å²) in [5.41, 5.74) is 2.50. The van der Waals surface area contributed by atoms with E-state index in [2.05, 4.69) is 4.98 Å². The number of amides is 1. The first-order valence-electron chi connectivity index (χ1n) is 11.2. The molecule has 0 radical (unpaired) electrons. The number of para-hydroxylation sites is 1. The third-order valence-corrected chi connectivity index (χ3v) is 6.44. The van der Waals surface area contributed by atoms with Gasteiger partial charge in [-0.05, 0) is 48.9 Å². The number of likely N-dealkylation sites (tertiary alicyclic amines) is 1.